The molecule has 2 fully saturated rings. The molecular weight excluding hydrogens is 230 g/mol. The van der Waals surface area contributed by atoms with Crippen molar-refractivity contribution < 1.29 is 4.74 Å². The highest BCUT2D eigenvalue weighted by Crippen LogP contribution is 2.33. The van der Waals surface area contributed by atoms with Gasteiger partial charge in [-0.3, -0.25) is 0 Å². The second kappa shape index (κ2) is 4.61. The van der Waals surface area contributed by atoms with Crippen molar-refractivity contribution in [3.63, 3.8) is 0 Å². The summed E-state index contributed by atoms with van der Waals surface area (Å²) in [6.07, 6.45) is 3.91. The molecule has 18 heavy (non-hydrogen) atoms. The molecule has 1 aromatic heterocycles. The number of morpholine rings is 1. The number of fused-ring (bicyclic) bond motifs is 1. The molecule has 1 saturated heterocycles. The van der Waals surface area contributed by atoms with Crippen molar-refractivity contribution in [3.8, 4) is 0 Å². The monoisotopic (exact) mass is 249 g/mol. The fourth-order valence-electron chi connectivity index (χ4n) is 2.94. The molecule has 1 saturated carbocycles. The van der Waals surface area contributed by atoms with Gasteiger partial charge in [-0.15, -0.1) is 0 Å². The molecule has 0 aromatic carbocycles. The van der Waals surface area contributed by atoms with E-state index in [4.69, 9.17) is 10.5 Å². The van der Waals surface area contributed by atoms with Crippen LogP contribution < -0.4 is 16.0 Å². The summed E-state index contributed by atoms with van der Waals surface area (Å²) in [6, 6.07) is 2.40. The van der Waals surface area contributed by atoms with Crippen molar-refractivity contribution in [2.24, 2.45) is 0 Å². The van der Waals surface area contributed by atoms with Crippen LogP contribution in [-0.2, 0) is 4.74 Å². The molecule has 0 bridgehead atoms. The van der Waals surface area contributed by atoms with Gasteiger partial charge in [-0.25, -0.2) is 0 Å². The number of hydrogen-bond donors (Lipinski definition) is 2. The summed E-state index contributed by atoms with van der Waals surface area (Å²) in [5.41, 5.74) is 5.76. The molecular formula is C12H19N5O. The Balaban J connectivity index is 1.90. The summed E-state index contributed by atoms with van der Waals surface area (Å²) in [5.74, 6) is 1.99. The van der Waals surface area contributed by atoms with Gasteiger partial charge in [0.25, 0.3) is 0 Å². The van der Waals surface area contributed by atoms with Crippen LogP contribution in [-0.4, -0.2) is 42.3 Å². The van der Waals surface area contributed by atoms with Gasteiger partial charge in [0.05, 0.1) is 18.8 Å². The lowest BCUT2D eigenvalue weighted by molar-refractivity contribution is 0.0253. The van der Waals surface area contributed by atoms with Crippen LogP contribution in [0, 0.1) is 0 Å². The van der Waals surface area contributed by atoms with E-state index in [1.807, 2.05) is 13.1 Å². The van der Waals surface area contributed by atoms with Crippen LogP contribution in [0.25, 0.3) is 0 Å². The van der Waals surface area contributed by atoms with Gasteiger partial charge in [0, 0.05) is 19.7 Å². The fourth-order valence-corrected chi connectivity index (χ4v) is 2.94. The van der Waals surface area contributed by atoms with E-state index in [2.05, 4.69) is 20.2 Å². The SMILES string of the molecule is CNc1cc(N2CCOC3CCCC32)nc(N)n1. The molecule has 0 amide bonds. The minimum absolute atomic E-state index is 0.317. The van der Waals surface area contributed by atoms with E-state index in [9.17, 15) is 0 Å². The molecule has 0 spiro atoms. The number of nitrogens with two attached hydrogens (primary N) is 1. The number of nitrogen functional groups attached to an aromatic ring is 1. The number of nitrogens with one attached hydrogen (secondary N) is 1. The molecule has 2 aliphatic rings. The third-order valence-electron chi connectivity index (χ3n) is 3.76. The molecule has 6 heteroatoms. The second-order valence-electron chi connectivity index (χ2n) is 4.82. The summed E-state index contributed by atoms with van der Waals surface area (Å²) in [5, 5.41) is 3.02. The van der Waals surface area contributed by atoms with Gasteiger partial charge in [0.15, 0.2) is 0 Å². The highest BCUT2D eigenvalue weighted by Gasteiger charge is 2.36. The third-order valence-corrected chi connectivity index (χ3v) is 3.76. The predicted octanol–water partition coefficient (Wildman–Crippen LogP) is 0.858. The smallest absolute Gasteiger partial charge is 0.223 e. The Morgan fingerprint density at radius 3 is 3.17 bits per heavy atom. The molecule has 1 aromatic rings. The van der Waals surface area contributed by atoms with E-state index >= 15 is 0 Å². The quantitative estimate of drug-likeness (QED) is 0.809. The third kappa shape index (κ3) is 1.96. The normalized spacial score (nSPS) is 27.1. The minimum Gasteiger partial charge on any atom is -0.374 e. The lowest BCUT2D eigenvalue weighted by atomic mass is 10.1. The van der Waals surface area contributed by atoms with Crippen LogP contribution in [0.5, 0.6) is 0 Å². The number of anilines is 3. The average molecular weight is 249 g/mol. The first-order valence-electron chi connectivity index (χ1n) is 6.48. The maximum atomic E-state index is 5.81. The van der Waals surface area contributed by atoms with Gasteiger partial charge >= 0.3 is 0 Å². The fraction of sp³-hybridized carbons (Fsp3) is 0.667. The summed E-state index contributed by atoms with van der Waals surface area (Å²) >= 11 is 0. The topological polar surface area (TPSA) is 76.3 Å². The van der Waals surface area contributed by atoms with Crippen LogP contribution in [0.1, 0.15) is 19.3 Å². The van der Waals surface area contributed by atoms with Crippen LogP contribution >= 0.6 is 0 Å². The Bertz CT molecular complexity index is 438. The van der Waals surface area contributed by atoms with Crippen LogP contribution in [0.2, 0.25) is 0 Å². The van der Waals surface area contributed by atoms with Gasteiger partial charge < -0.3 is 20.7 Å². The van der Waals surface area contributed by atoms with E-state index in [1.54, 1.807) is 0 Å². The van der Waals surface area contributed by atoms with Gasteiger partial charge in [-0.05, 0) is 19.3 Å². The zero-order valence-electron chi connectivity index (χ0n) is 10.6. The van der Waals surface area contributed by atoms with Crippen molar-refractivity contribution in [3.05, 3.63) is 6.07 Å². The lowest BCUT2D eigenvalue weighted by Crippen LogP contribution is -2.49. The molecule has 1 aliphatic heterocycles. The van der Waals surface area contributed by atoms with Gasteiger partial charge in [-0.2, -0.15) is 9.97 Å². The number of rotatable bonds is 2. The van der Waals surface area contributed by atoms with Crippen LogP contribution in [0.15, 0.2) is 6.07 Å². The van der Waals surface area contributed by atoms with E-state index in [0.29, 0.717) is 18.1 Å². The maximum absolute atomic E-state index is 5.81. The highest BCUT2D eigenvalue weighted by atomic mass is 16.5. The second-order valence-corrected chi connectivity index (χ2v) is 4.82. The Hall–Kier alpha value is -1.56. The van der Waals surface area contributed by atoms with E-state index in [0.717, 1.165) is 31.2 Å². The van der Waals surface area contributed by atoms with Crippen molar-refractivity contribution >= 4 is 17.6 Å². The Morgan fingerprint density at radius 1 is 1.44 bits per heavy atom. The number of nitrogens with zero attached hydrogens (tertiary/aromatic N) is 3. The van der Waals surface area contributed by atoms with Crippen molar-refractivity contribution in [1.29, 1.82) is 0 Å². The number of aromatic nitrogens is 2. The number of ether oxygens (including phenoxy) is 1. The zero-order valence-corrected chi connectivity index (χ0v) is 10.6. The summed E-state index contributed by atoms with van der Waals surface area (Å²) in [7, 11) is 1.84. The molecule has 2 atom stereocenters. The maximum Gasteiger partial charge on any atom is 0.223 e. The molecule has 98 valence electrons. The first-order valence-corrected chi connectivity index (χ1v) is 6.48. The summed E-state index contributed by atoms with van der Waals surface area (Å²) in [6.45, 7) is 1.64. The van der Waals surface area contributed by atoms with Crippen LogP contribution in [0.3, 0.4) is 0 Å². The lowest BCUT2D eigenvalue weighted by Gasteiger charge is -2.38. The van der Waals surface area contributed by atoms with Gasteiger partial charge in [0.2, 0.25) is 5.95 Å². The van der Waals surface area contributed by atoms with E-state index in [1.165, 1.54) is 12.8 Å². The summed E-state index contributed by atoms with van der Waals surface area (Å²) < 4.78 is 5.81. The Labute approximate surface area is 107 Å². The molecule has 6 nitrogen and oxygen atoms in total. The van der Waals surface area contributed by atoms with Gasteiger partial charge in [0.1, 0.15) is 11.6 Å². The van der Waals surface area contributed by atoms with Crippen LogP contribution in [0.4, 0.5) is 17.6 Å². The van der Waals surface area contributed by atoms with Gasteiger partial charge in [-0.1, -0.05) is 0 Å². The first-order chi connectivity index (χ1) is 8.78. The molecule has 3 N–H and O–H groups in total. The largest absolute Gasteiger partial charge is 0.374 e. The van der Waals surface area contributed by atoms with E-state index in [-0.39, 0.29) is 0 Å². The van der Waals surface area contributed by atoms with E-state index < -0.39 is 0 Å². The minimum atomic E-state index is 0.317. The van der Waals surface area contributed by atoms with Crippen molar-refractivity contribution in [1.82, 2.24) is 9.97 Å². The standard InChI is InChI=1S/C12H19N5O/c1-14-10-7-11(16-12(13)15-10)17-5-6-18-9-4-2-3-8(9)17/h7-9H,2-6H2,1H3,(H3,13,14,15,16). The average Bonchev–Trinajstić information content (AvgIpc) is 2.85. The first kappa shape index (κ1) is 11.5. The Morgan fingerprint density at radius 2 is 2.33 bits per heavy atom. The summed E-state index contributed by atoms with van der Waals surface area (Å²) in [4.78, 5) is 10.8. The zero-order chi connectivity index (χ0) is 12.5. The predicted molar refractivity (Wildman–Crippen MR) is 70.7 cm³/mol. The molecule has 2 unspecified atom stereocenters. The van der Waals surface area contributed by atoms with Crippen molar-refractivity contribution in [2.45, 2.75) is 31.4 Å². The molecule has 2 heterocycles. The highest BCUT2D eigenvalue weighted by molar-refractivity contribution is 5.53. The molecule has 3 rings (SSSR count). The van der Waals surface area contributed by atoms with Crippen molar-refractivity contribution in [2.75, 3.05) is 36.1 Å². The number of hydrogen-bond acceptors (Lipinski definition) is 6. The Kier molecular flexibility index (Phi) is 2.95. The molecule has 1 aliphatic carbocycles. The molecule has 0 radical (unpaired) electrons.